The Balaban J connectivity index is 1.40. The number of rotatable bonds is 4. The number of nitriles is 1. The molecule has 3 aliphatic rings. The first-order chi connectivity index (χ1) is 15.5. The number of halogens is 2. The van der Waals surface area contributed by atoms with Gasteiger partial charge in [-0.25, -0.2) is 29.2 Å². The predicted octanol–water partition coefficient (Wildman–Crippen LogP) is 1.71. The second-order valence-electron chi connectivity index (χ2n) is 8.57. The summed E-state index contributed by atoms with van der Waals surface area (Å²) in [6.07, 6.45) is 4.47. The number of amides is 1. The van der Waals surface area contributed by atoms with Gasteiger partial charge in [-0.05, 0) is 43.5 Å². The number of hydrogen-bond acceptors (Lipinski definition) is 7. The van der Waals surface area contributed by atoms with Crippen molar-refractivity contribution in [2.24, 2.45) is 11.8 Å². The van der Waals surface area contributed by atoms with E-state index in [2.05, 4.69) is 32.1 Å². The molecule has 32 heavy (non-hydrogen) atoms. The monoisotopic (exact) mass is 439 g/mol. The minimum absolute atomic E-state index is 0.115. The van der Waals surface area contributed by atoms with E-state index in [4.69, 9.17) is 0 Å². The second-order valence-corrected chi connectivity index (χ2v) is 8.57. The molecule has 7 atom stereocenters. The highest BCUT2D eigenvalue weighted by molar-refractivity contribution is 5.82. The van der Waals surface area contributed by atoms with E-state index in [0.717, 1.165) is 30.8 Å². The molecule has 1 aliphatic carbocycles. The molecular weight excluding hydrogens is 416 g/mol. The maximum Gasteiger partial charge on any atom is 0.230 e. The van der Waals surface area contributed by atoms with Crippen LogP contribution < -0.4 is 16.1 Å². The van der Waals surface area contributed by atoms with Gasteiger partial charge in [0.1, 0.15) is 11.9 Å². The Morgan fingerprint density at radius 2 is 2.00 bits per heavy atom. The van der Waals surface area contributed by atoms with E-state index in [9.17, 15) is 18.8 Å². The lowest BCUT2D eigenvalue weighted by Crippen LogP contribution is -2.68. The Hall–Kier alpha value is -3.00. The number of hydrogen-bond donors (Lipinski definition) is 3. The molecule has 8 nitrogen and oxygen atoms in total. The van der Waals surface area contributed by atoms with Crippen LogP contribution in [0, 0.1) is 34.8 Å². The van der Waals surface area contributed by atoms with Crippen molar-refractivity contribution in [2.75, 3.05) is 0 Å². The summed E-state index contributed by atoms with van der Waals surface area (Å²) in [6, 6.07) is 6.50. The van der Waals surface area contributed by atoms with Gasteiger partial charge in [-0.2, -0.15) is 5.26 Å². The van der Waals surface area contributed by atoms with Crippen molar-refractivity contribution in [3.05, 3.63) is 59.7 Å². The zero-order valence-electron chi connectivity index (χ0n) is 17.4. The summed E-state index contributed by atoms with van der Waals surface area (Å²) in [7, 11) is 0. The maximum absolute atomic E-state index is 13.8. The third-order valence-electron chi connectivity index (χ3n) is 6.89. The minimum Gasteiger partial charge on any atom is -0.340 e. The number of hydrazine groups is 1. The SMILES string of the molecule is CC(c1ccc(F)c(F)c1)N1NC(C#N)C2C(=O)NC(C3CCC3c3ncccn3)NC21. The van der Waals surface area contributed by atoms with Crippen LogP contribution in [0.25, 0.3) is 0 Å². The van der Waals surface area contributed by atoms with Crippen molar-refractivity contribution in [1.82, 2.24) is 31.0 Å². The number of nitrogens with one attached hydrogen (secondary N) is 3. The van der Waals surface area contributed by atoms with Gasteiger partial charge in [0, 0.05) is 30.3 Å². The first-order valence-electron chi connectivity index (χ1n) is 10.7. The van der Waals surface area contributed by atoms with Crippen LogP contribution in [0.1, 0.15) is 43.1 Å². The first-order valence-corrected chi connectivity index (χ1v) is 10.7. The fourth-order valence-corrected chi connectivity index (χ4v) is 5.00. The fraction of sp³-hybridized carbons (Fsp3) is 0.455. The molecule has 7 unspecified atom stereocenters. The molecule has 1 aromatic heterocycles. The molecule has 1 saturated carbocycles. The number of aromatic nitrogens is 2. The van der Waals surface area contributed by atoms with Crippen molar-refractivity contribution < 1.29 is 13.6 Å². The van der Waals surface area contributed by atoms with Crippen LogP contribution in [-0.2, 0) is 4.79 Å². The third-order valence-corrected chi connectivity index (χ3v) is 6.89. The van der Waals surface area contributed by atoms with Gasteiger partial charge in [0.25, 0.3) is 0 Å². The summed E-state index contributed by atoms with van der Waals surface area (Å²) in [5, 5.41) is 17.9. The van der Waals surface area contributed by atoms with Gasteiger partial charge in [-0.15, -0.1) is 0 Å². The van der Waals surface area contributed by atoms with Crippen molar-refractivity contribution in [3.63, 3.8) is 0 Å². The van der Waals surface area contributed by atoms with Crippen LogP contribution >= 0.6 is 0 Å². The zero-order chi connectivity index (χ0) is 22.4. The zero-order valence-corrected chi connectivity index (χ0v) is 17.4. The van der Waals surface area contributed by atoms with Crippen molar-refractivity contribution >= 4 is 5.91 Å². The molecular formula is C22H23F2N7O. The van der Waals surface area contributed by atoms with Crippen molar-refractivity contribution in [1.29, 1.82) is 5.26 Å². The van der Waals surface area contributed by atoms with Crippen LogP contribution in [-0.4, -0.2) is 39.3 Å². The Bertz CT molecular complexity index is 1060. The summed E-state index contributed by atoms with van der Waals surface area (Å²) in [4.78, 5) is 21.8. The lowest BCUT2D eigenvalue weighted by Gasteiger charge is -2.47. The van der Waals surface area contributed by atoms with Crippen LogP contribution in [0.4, 0.5) is 8.78 Å². The number of benzene rings is 1. The number of fused-ring (bicyclic) bond motifs is 1. The molecule has 0 spiro atoms. The summed E-state index contributed by atoms with van der Waals surface area (Å²) < 4.78 is 27.2. The van der Waals surface area contributed by atoms with Gasteiger partial charge in [0.05, 0.1) is 24.3 Å². The summed E-state index contributed by atoms with van der Waals surface area (Å²) in [5.41, 5.74) is 3.63. The normalized spacial score (nSPS) is 33.0. The van der Waals surface area contributed by atoms with Gasteiger partial charge < -0.3 is 5.32 Å². The molecule has 0 bridgehead atoms. The van der Waals surface area contributed by atoms with E-state index in [0.29, 0.717) is 5.56 Å². The summed E-state index contributed by atoms with van der Waals surface area (Å²) in [5.74, 6) is -1.71. The van der Waals surface area contributed by atoms with E-state index in [1.165, 1.54) is 6.07 Å². The molecule has 10 heteroatoms. The lowest BCUT2D eigenvalue weighted by atomic mass is 9.70. The van der Waals surface area contributed by atoms with Gasteiger partial charge in [-0.3, -0.25) is 10.1 Å². The van der Waals surface area contributed by atoms with E-state index in [1.807, 2.05) is 6.92 Å². The van der Waals surface area contributed by atoms with Crippen LogP contribution in [0.2, 0.25) is 0 Å². The molecule has 0 radical (unpaired) electrons. The molecule has 2 aliphatic heterocycles. The molecule has 1 aromatic carbocycles. The van der Waals surface area contributed by atoms with Crippen LogP contribution in [0.15, 0.2) is 36.7 Å². The Labute approximate surface area is 184 Å². The Kier molecular flexibility index (Phi) is 5.33. The standard InChI is InChI=1S/C22H23F2N7O/c1-11(12-3-6-15(23)16(24)9-12)31-21-18(17(10-25)30-31)22(32)29-20(28-21)14-5-4-13(14)19-26-7-2-8-27-19/h2-3,6-9,11,13-14,17-18,20-21,28,30H,4-5H2,1H3,(H,29,32). The highest BCUT2D eigenvalue weighted by Crippen LogP contribution is 2.44. The van der Waals surface area contributed by atoms with Crippen LogP contribution in [0.5, 0.6) is 0 Å². The molecule has 2 saturated heterocycles. The quantitative estimate of drug-likeness (QED) is 0.666. The molecule has 1 amide bonds. The first kappa shape index (κ1) is 20.9. The fourth-order valence-electron chi connectivity index (χ4n) is 5.00. The average Bonchev–Trinajstić information content (AvgIpc) is 3.14. The van der Waals surface area contributed by atoms with E-state index in [-0.39, 0.29) is 23.9 Å². The van der Waals surface area contributed by atoms with E-state index < -0.39 is 35.8 Å². The predicted molar refractivity (Wildman–Crippen MR) is 109 cm³/mol. The van der Waals surface area contributed by atoms with E-state index >= 15 is 0 Å². The third kappa shape index (κ3) is 3.43. The molecule has 2 aromatic rings. The Morgan fingerprint density at radius 1 is 1.22 bits per heavy atom. The van der Waals surface area contributed by atoms with Crippen LogP contribution in [0.3, 0.4) is 0 Å². The average molecular weight is 439 g/mol. The Morgan fingerprint density at radius 3 is 2.66 bits per heavy atom. The van der Waals surface area contributed by atoms with E-state index in [1.54, 1.807) is 23.5 Å². The topological polar surface area (TPSA) is 106 Å². The molecule has 3 fully saturated rings. The maximum atomic E-state index is 13.8. The van der Waals surface area contributed by atoms with Gasteiger partial charge in [-0.1, -0.05) is 6.07 Å². The minimum atomic E-state index is -0.936. The molecule has 3 N–H and O–H groups in total. The number of carbonyl (C=O) groups excluding carboxylic acids is 1. The highest BCUT2D eigenvalue weighted by Gasteiger charge is 2.54. The molecule has 166 valence electrons. The van der Waals surface area contributed by atoms with Crippen molar-refractivity contribution in [2.45, 2.75) is 50.1 Å². The molecule has 5 rings (SSSR count). The largest absolute Gasteiger partial charge is 0.340 e. The van der Waals surface area contributed by atoms with Gasteiger partial charge >= 0.3 is 0 Å². The number of carbonyl (C=O) groups is 1. The molecule has 3 heterocycles. The van der Waals surface area contributed by atoms with Gasteiger partial charge in [0.2, 0.25) is 5.91 Å². The number of nitrogens with zero attached hydrogens (tertiary/aromatic N) is 4. The summed E-state index contributed by atoms with van der Waals surface area (Å²) in [6.45, 7) is 1.82. The highest BCUT2D eigenvalue weighted by atomic mass is 19.2. The smallest absolute Gasteiger partial charge is 0.230 e. The summed E-state index contributed by atoms with van der Waals surface area (Å²) >= 11 is 0. The van der Waals surface area contributed by atoms with Crippen molar-refractivity contribution in [3.8, 4) is 6.07 Å². The van der Waals surface area contributed by atoms with Gasteiger partial charge in [0.15, 0.2) is 11.6 Å². The lowest BCUT2D eigenvalue weighted by molar-refractivity contribution is -0.132. The second kappa shape index (κ2) is 8.16.